The van der Waals surface area contributed by atoms with Gasteiger partial charge in [0.25, 0.3) is 11.5 Å². The highest BCUT2D eigenvalue weighted by atomic mass is 16.2. The van der Waals surface area contributed by atoms with Gasteiger partial charge in [-0.15, -0.1) is 0 Å². The van der Waals surface area contributed by atoms with Gasteiger partial charge >= 0.3 is 0 Å². The van der Waals surface area contributed by atoms with Crippen LogP contribution in [0.15, 0.2) is 59.5 Å². The number of benzene rings is 1. The van der Waals surface area contributed by atoms with E-state index in [4.69, 9.17) is 10.4 Å². The van der Waals surface area contributed by atoms with Crippen LogP contribution in [0.3, 0.4) is 0 Å². The monoisotopic (exact) mass is 483 g/mol. The Morgan fingerprint density at radius 2 is 1.83 bits per heavy atom. The van der Waals surface area contributed by atoms with Gasteiger partial charge in [0.05, 0.1) is 10.9 Å². The minimum atomic E-state index is -0.209. The first-order valence-corrected chi connectivity index (χ1v) is 12.9. The van der Waals surface area contributed by atoms with Gasteiger partial charge in [0.15, 0.2) is 0 Å². The molecule has 0 bridgehead atoms. The number of carbonyl (C=O) groups is 1. The molecular weight excluding hydrogens is 450 g/mol. The number of fused-ring (bicyclic) bond motifs is 2. The molecule has 1 aliphatic heterocycles. The second-order valence-corrected chi connectivity index (χ2v) is 9.88. The van der Waals surface area contributed by atoms with E-state index >= 15 is 0 Å². The van der Waals surface area contributed by atoms with E-state index in [1.165, 1.54) is 9.96 Å². The maximum Gasteiger partial charge on any atom is 0.267 e. The zero-order valence-electron chi connectivity index (χ0n) is 21.0. The Morgan fingerprint density at radius 1 is 1.08 bits per heavy atom. The molecule has 7 nitrogen and oxygen atoms in total. The molecule has 1 N–H and O–H groups in total. The van der Waals surface area contributed by atoms with Crippen molar-refractivity contribution in [3.63, 3.8) is 0 Å². The highest BCUT2D eigenvalue weighted by Gasteiger charge is 2.26. The van der Waals surface area contributed by atoms with Crippen LogP contribution in [-0.4, -0.2) is 37.8 Å². The average molecular weight is 484 g/mol. The minimum Gasteiger partial charge on any atom is -0.339 e. The smallest absolute Gasteiger partial charge is 0.267 e. The molecule has 186 valence electrons. The Kier molecular flexibility index (Phi) is 6.72. The highest BCUT2D eigenvalue weighted by molar-refractivity contribution is 5.97. The molecule has 0 saturated carbocycles. The van der Waals surface area contributed by atoms with Gasteiger partial charge in [0.2, 0.25) is 0 Å². The molecule has 0 spiro atoms. The van der Waals surface area contributed by atoms with Gasteiger partial charge in [0.1, 0.15) is 16.8 Å². The fourth-order valence-electron chi connectivity index (χ4n) is 5.25. The zero-order chi connectivity index (χ0) is 25.2. The van der Waals surface area contributed by atoms with Gasteiger partial charge in [-0.2, -0.15) is 0 Å². The number of carbonyl (C=O) groups excluding carboxylic acids is 1. The van der Waals surface area contributed by atoms with Crippen molar-refractivity contribution in [2.45, 2.75) is 52.5 Å². The Labute approximate surface area is 210 Å². The Morgan fingerprint density at radius 3 is 2.56 bits per heavy atom. The number of unbranched alkanes of at least 4 members (excludes halogenated alkanes) is 1. The van der Waals surface area contributed by atoms with E-state index in [2.05, 4.69) is 31.2 Å². The summed E-state index contributed by atoms with van der Waals surface area (Å²) in [5, 5.41) is 9.33. The molecule has 3 aromatic heterocycles. The lowest BCUT2D eigenvalue weighted by Gasteiger charge is -2.32. The van der Waals surface area contributed by atoms with Crippen molar-refractivity contribution in [2.75, 3.05) is 13.1 Å². The summed E-state index contributed by atoms with van der Waals surface area (Å²) in [5.74, 6) is 0.375. The number of nitrogens with zero attached hydrogens (tertiary/aromatic N) is 4. The highest BCUT2D eigenvalue weighted by Crippen LogP contribution is 2.23. The number of hydrogen-bond acceptors (Lipinski definition) is 4. The number of piperidine rings is 1. The number of pyridine rings is 2. The number of likely N-dealkylation sites (tertiary alicyclic amines) is 1. The van der Waals surface area contributed by atoms with Crippen molar-refractivity contribution in [2.24, 2.45) is 5.92 Å². The van der Waals surface area contributed by atoms with Crippen molar-refractivity contribution < 1.29 is 4.79 Å². The molecule has 0 radical (unpaired) electrons. The topological polar surface area (TPSA) is 83.5 Å². The van der Waals surface area contributed by atoms with Gasteiger partial charge in [-0.1, -0.05) is 49.7 Å². The van der Waals surface area contributed by atoms with Crippen LogP contribution in [0.25, 0.3) is 16.7 Å². The van der Waals surface area contributed by atoms with E-state index in [9.17, 15) is 9.59 Å². The molecule has 4 heterocycles. The van der Waals surface area contributed by atoms with Gasteiger partial charge < -0.3 is 9.47 Å². The van der Waals surface area contributed by atoms with E-state index < -0.39 is 0 Å². The number of hydrogen-bond donors (Lipinski definition) is 1. The van der Waals surface area contributed by atoms with Crippen LogP contribution < -0.4 is 11.0 Å². The van der Waals surface area contributed by atoms with Crippen LogP contribution in [0, 0.1) is 18.3 Å². The Balaban J connectivity index is 1.50. The molecule has 1 amide bonds. The Hall–Kier alpha value is -3.74. The molecule has 7 heteroatoms. The summed E-state index contributed by atoms with van der Waals surface area (Å²) >= 11 is 0. The lowest BCUT2D eigenvalue weighted by Crippen LogP contribution is -2.42. The maximum atomic E-state index is 13.6. The largest absolute Gasteiger partial charge is 0.339 e. The van der Waals surface area contributed by atoms with Crippen LogP contribution in [0.2, 0.25) is 0 Å². The summed E-state index contributed by atoms with van der Waals surface area (Å²) in [7, 11) is 0. The molecule has 0 aliphatic carbocycles. The molecule has 36 heavy (non-hydrogen) atoms. The van der Waals surface area contributed by atoms with Crippen molar-refractivity contribution in [1.82, 2.24) is 18.9 Å². The fourth-order valence-corrected chi connectivity index (χ4v) is 5.25. The van der Waals surface area contributed by atoms with E-state index in [1.54, 1.807) is 16.8 Å². The molecule has 0 unspecified atom stereocenters. The first kappa shape index (κ1) is 24.0. The number of aryl methyl sites for hydroxylation is 2. The summed E-state index contributed by atoms with van der Waals surface area (Å²) in [4.78, 5) is 33.8. The molecule has 1 aromatic carbocycles. The first-order valence-electron chi connectivity index (χ1n) is 12.9. The normalized spacial score (nSPS) is 14.6. The predicted molar refractivity (Wildman–Crippen MR) is 141 cm³/mol. The third kappa shape index (κ3) is 4.45. The van der Waals surface area contributed by atoms with Gasteiger partial charge in [0, 0.05) is 25.8 Å². The van der Waals surface area contributed by atoms with Gasteiger partial charge in [-0.3, -0.25) is 19.4 Å². The van der Waals surface area contributed by atoms with Gasteiger partial charge in [-0.25, -0.2) is 4.98 Å². The molecule has 5 rings (SSSR count). The molecule has 0 atom stereocenters. The van der Waals surface area contributed by atoms with Crippen LogP contribution in [0.4, 0.5) is 0 Å². The third-order valence-electron chi connectivity index (χ3n) is 7.37. The summed E-state index contributed by atoms with van der Waals surface area (Å²) in [5.41, 5.74) is 3.50. The number of aromatic nitrogens is 3. The molecule has 1 saturated heterocycles. The lowest BCUT2D eigenvalue weighted by molar-refractivity contribution is 0.0687. The number of nitrogens with one attached hydrogen (secondary N) is 1. The number of amides is 1. The van der Waals surface area contributed by atoms with Crippen LogP contribution in [0.5, 0.6) is 0 Å². The SMILES string of the molecule is CCCCn1c(=N)c(C(=O)N2CCC(Cc3ccccc3)CC2)cc2c(=O)n3cccc(C)c3nc21. The second kappa shape index (κ2) is 10.1. The Bertz CT molecular complexity index is 1530. The van der Waals surface area contributed by atoms with Crippen molar-refractivity contribution in [3.8, 4) is 0 Å². The quantitative estimate of drug-likeness (QED) is 0.414. The van der Waals surface area contributed by atoms with E-state index in [-0.39, 0.29) is 22.5 Å². The average Bonchev–Trinajstić information content (AvgIpc) is 2.89. The van der Waals surface area contributed by atoms with Crippen molar-refractivity contribution >= 4 is 22.6 Å². The predicted octanol–water partition coefficient (Wildman–Crippen LogP) is 4.33. The minimum absolute atomic E-state index is 0.136. The summed E-state index contributed by atoms with van der Waals surface area (Å²) in [6.07, 6.45) is 6.38. The van der Waals surface area contributed by atoms with Crippen molar-refractivity contribution in [1.29, 1.82) is 5.41 Å². The second-order valence-electron chi connectivity index (χ2n) is 9.88. The number of rotatable bonds is 6. The maximum absolute atomic E-state index is 13.6. The third-order valence-corrected chi connectivity index (χ3v) is 7.37. The molecule has 1 aliphatic rings. The van der Waals surface area contributed by atoms with Gasteiger partial charge in [-0.05, 0) is 61.8 Å². The summed E-state index contributed by atoms with van der Waals surface area (Å²) < 4.78 is 3.29. The zero-order valence-corrected chi connectivity index (χ0v) is 21.0. The van der Waals surface area contributed by atoms with Crippen LogP contribution >= 0.6 is 0 Å². The fraction of sp³-hybridized carbons (Fsp3) is 0.379. The van der Waals surface area contributed by atoms with Crippen molar-refractivity contribution in [3.05, 3.63) is 87.3 Å². The summed E-state index contributed by atoms with van der Waals surface area (Å²) in [6, 6.07) is 15.8. The van der Waals surface area contributed by atoms with Crippen LogP contribution in [0.1, 0.15) is 54.1 Å². The van der Waals surface area contributed by atoms with E-state index in [0.717, 1.165) is 37.7 Å². The molecular formula is C29H33N5O2. The first-order chi connectivity index (χ1) is 17.5. The lowest BCUT2D eigenvalue weighted by atomic mass is 9.90. The van der Waals surface area contributed by atoms with E-state index in [0.29, 0.717) is 42.2 Å². The summed E-state index contributed by atoms with van der Waals surface area (Å²) in [6.45, 7) is 5.88. The molecule has 1 fully saturated rings. The molecule has 4 aromatic rings. The standard InChI is InChI=1S/C29H33N5O2/c1-3-4-14-33-25(30)23(19-24-27(33)31-26-20(2)9-8-15-34(26)29(24)36)28(35)32-16-12-22(13-17-32)18-21-10-6-5-7-11-21/h5-11,15,19,22,30H,3-4,12-14,16-18H2,1-2H3. The van der Waals surface area contributed by atoms with E-state index in [1.807, 2.05) is 30.0 Å². The van der Waals surface area contributed by atoms with Crippen LogP contribution in [-0.2, 0) is 13.0 Å².